The maximum atomic E-state index is 9.42. The van der Waals surface area contributed by atoms with Gasteiger partial charge in [0.15, 0.2) is 0 Å². The summed E-state index contributed by atoms with van der Waals surface area (Å²) in [6.07, 6.45) is 0. The zero-order chi connectivity index (χ0) is 13.8. The first-order chi connectivity index (χ1) is 9.10. The van der Waals surface area contributed by atoms with Crippen molar-refractivity contribution in [3.05, 3.63) is 50.9 Å². The van der Waals surface area contributed by atoms with Gasteiger partial charge in [0, 0.05) is 28.3 Å². The molecule has 0 radical (unpaired) electrons. The van der Waals surface area contributed by atoms with Crippen molar-refractivity contribution in [1.29, 1.82) is 0 Å². The van der Waals surface area contributed by atoms with Crippen LogP contribution in [-0.4, -0.2) is 12.2 Å². The van der Waals surface area contributed by atoms with E-state index in [9.17, 15) is 5.11 Å². The Morgan fingerprint density at radius 1 is 1.21 bits per heavy atom. The Morgan fingerprint density at radius 3 is 2.68 bits per heavy atom. The number of hydrogen-bond acceptors (Lipinski definition) is 3. The molecule has 0 amide bonds. The summed E-state index contributed by atoms with van der Waals surface area (Å²) in [5, 5.41) is 12.7. The molecule has 0 bridgehead atoms. The fourth-order valence-electron chi connectivity index (χ4n) is 1.79. The number of nitrogens with one attached hydrogen (secondary N) is 1. The number of aromatic hydroxyl groups is 1. The highest BCUT2D eigenvalue weighted by molar-refractivity contribution is 9.11. The molecule has 5 heteroatoms. The minimum atomic E-state index is 0.243. The van der Waals surface area contributed by atoms with Crippen molar-refractivity contribution in [3.8, 4) is 11.5 Å². The Morgan fingerprint density at radius 2 is 2.00 bits per heavy atom. The van der Waals surface area contributed by atoms with E-state index in [1.165, 1.54) is 0 Å². The highest BCUT2D eigenvalue weighted by atomic mass is 79.9. The maximum absolute atomic E-state index is 9.42. The third-order valence-electron chi connectivity index (χ3n) is 2.62. The van der Waals surface area contributed by atoms with Gasteiger partial charge in [0.2, 0.25) is 0 Å². The SMILES string of the molecule is COc1c(Br)cc(Br)cc1CNc1cccc(O)c1. The molecule has 0 aliphatic carbocycles. The molecule has 2 aromatic carbocycles. The van der Waals surface area contributed by atoms with Crippen LogP contribution in [0.2, 0.25) is 0 Å². The van der Waals surface area contributed by atoms with Crippen LogP contribution in [0.4, 0.5) is 5.69 Å². The summed E-state index contributed by atoms with van der Waals surface area (Å²) in [6, 6.07) is 11.0. The highest BCUT2D eigenvalue weighted by Gasteiger charge is 2.09. The van der Waals surface area contributed by atoms with Crippen LogP contribution in [0.25, 0.3) is 0 Å². The largest absolute Gasteiger partial charge is 0.508 e. The van der Waals surface area contributed by atoms with Crippen molar-refractivity contribution in [3.63, 3.8) is 0 Å². The first-order valence-electron chi connectivity index (χ1n) is 5.65. The van der Waals surface area contributed by atoms with Crippen molar-refractivity contribution in [2.75, 3.05) is 12.4 Å². The summed E-state index contributed by atoms with van der Waals surface area (Å²) in [4.78, 5) is 0. The lowest BCUT2D eigenvalue weighted by molar-refractivity contribution is 0.407. The number of anilines is 1. The van der Waals surface area contributed by atoms with E-state index < -0.39 is 0 Å². The van der Waals surface area contributed by atoms with Crippen molar-refractivity contribution in [2.24, 2.45) is 0 Å². The van der Waals surface area contributed by atoms with Gasteiger partial charge in [0.25, 0.3) is 0 Å². The van der Waals surface area contributed by atoms with Gasteiger partial charge in [0.1, 0.15) is 11.5 Å². The van der Waals surface area contributed by atoms with E-state index in [1.807, 2.05) is 18.2 Å². The normalized spacial score (nSPS) is 10.3. The van der Waals surface area contributed by atoms with Crippen LogP contribution in [0, 0.1) is 0 Å². The minimum absolute atomic E-state index is 0.243. The topological polar surface area (TPSA) is 41.5 Å². The van der Waals surface area contributed by atoms with Crippen LogP contribution >= 0.6 is 31.9 Å². The van der Waals surface area contributed by atoms with Crippen LogP contribution in [0.3, 0.4) is 0 Å². The molecule has 0 heterocycles. The first-order valence-corrected chi connectivity index (χ1v) is 7.23. The summed E-state index contributed by atoms with van der Waals surface area (Å²) in [5.74, 6) is 1.04. The molecule has 19 heavy (non-hydrogen) atoms. The van der Waals surface area contributed by atoms with Gasteiger partial charge in [0.05, 0.1) is 11.6 Å². The molecule has 0 unspecified atom stereocenters. The molecular formula is C14H13Br2NO2. The number of hydrogen-bond donors (Lipinski definition) is 2. The van der Waals surface area contributed by atoms with Gasteiger partial charge in [-0.05, 0) is 40.2 Å². The quantitative estimate of drug-likeness (QED) is 0.810. The van der Waals surface area contributed by atoms with E-state index in [0.29, 0.717) is 6.54 Å². The smallest absolute Gasteiger partial charge is 0.138 e. The van der Waals surface area contributed by atoms with Crippen LogP contribution in [-0.2, 0) is 6.54 Å². The predicted molar refractivity (Wildman–Crippen MR) is 83.8 cm³/mol. The maximum Gasteiger partial charge on any atom is 0.138 e. The molecule has 2 aromatic rings. The summed E-state index contributed by atoms with van der Waals surface area (Å²) < 4.78 is 7.27. The average molecular weight is 387 g/mol. The number of methoxy groups -OCH3 is 1. The molecule has 0 spiro atoms. The van der Waals surface area contributed by atoms with E-state index in [0.717, 1.165) is 25.9 Å². The van der Waals surface area contributed by atoms with Gasteiger partial charge in [-0.3, -0.25) is 0 Å². The molecule has 0 aromatic heterocycles. The van der Waals surface area contributed by atoms with Crippen molar-refractivity contribution >= 4 is 37.5 Å². The van der Waals surface area contributed by atoms with Crippen molar-refractivity contribution < 1.29 is 9.84 Å². The zero-order valence-electron chi connectivity index (χ0n) is 10.3. The Labute approximate surface area is 128 Å². The zero-order valence-corrected chi connectivity index (χ0v) is 13.5. The molecule has 0 saturated heterocycles. The highest BCUT2D eigenvalue weighted by Crippen LogP contribution is 2.33. The molecule has 3 nitrogen and oxygen atoms in total. The number of ether oxygens (including phenoxy) is 1. The van der Waals surface area contributed by atoms with Gasteiger partial charge in [-0.2, -0.15) is 0 Å². The molecule has 2 rings (SSSR count). The molecule has 0 atom stereocenters. The summed E-state index contributed by atoms with van der Waals surface area (Å²) in [7, 11) is 1.64. The molecule has 0 saturated carbocycles. The van der Waals surface area contributed by atoms with Gasteiger partial charge in [-0.25, -0.2) is 0 Å². The monoisotopic (exact) mass is 385 g/mol. The average Bonchev–Trinajstić information content (AvgIpc) is 2.36. The van der Waals surface area contributed by atoms with E-state index in [4.69, 9.17) is 4.74 Å². The Bertz CT molecular complexity index is 588. The second kappa shape index (κ2) is 6.30. The van der Waals surface area contributed by atoms with Crippen LogP contribution in [0.1, 0.15) is 5.56 Å². The summed E-state index contributed by atoms with van der Waals surface area (Å²) in [6.45, 7) is 0.602. The molecular weight excluding hydrogens is 374 g/mol. The Hall–Kier alpha value is -1.20. The molecule has 0 aliphatic heterocycles. The first kappa shape index (κ1) is 14.2. The summed E-state index contributed by atoms with van der Waals surface area (Å²) in [5.41, 5.74) is 1.88. The van der Waals surface area contributed by atoms with Crippen LogP contribution < -0.4 is 10.1 Å². The summed E-state index contributed by atoms with van der Waals surface area (Å²) >= 11 is 6.93. The van der Waals surface area contributed by atoms with E-state index in [2.05, 4.69) is 37.2 Å². The fraction of sp³-hybridized carbons (Fsp3) is 0.143. The van der Waals surface area contributed by atoms with Crippen molar-refractivity contribution in [2.45, 2.75) is 6.54 Å². The van der Waals surface area contributed by atoms with Crippen LogP contribution in [0.5, 0.6) is 11.5 Å². The number of rotatable bonds is 4. The molecule has 0 aliphatic rings. The molecule has 100 valence electrons. The molecule has 0 fully saturated rings. The second-order valence-corrected chi connectivity index (χ2v) is 5.75. The van der Waals surface area contributed by atoms with E-state index in [1.54, 1.807) is 25.3 Å². The number of phenolic OH excluding ortho intramolecular Hbond substituents is 1. The van der Waals surface area contributed by atoms with Gasteiger partial charge in [-0.1, -0.05) is 22.0 Å². The van der Waals surface area contributed by atoms with Crippen LogP contribution in [0.15, 0.2) is 45.3 Å². The lowest BCUT2D eigenvalue weighted by atomic mass is 10.2. The van der Waals surface area contributed by atoms with Crippen molar-refractivity contribution in [1.82, 2.24) is 0 Å². The Kier molecular flexibility index (Phi) is 4.71. The predicted octanol–water partition coefficient (Wildman–Crippen LogP) is 4.54. The number of halogens is 2. The lowest BCUT2D eigenvalue weighted by Crippen LogP contribution is -2.02. The standard InChI is InChI=1S/C14H13Br2NO2/c1-19-14-9(5-10(15)6-13(14)16)8-17-11-3-2-4-12(18)7-11/h2-7,17-18H,8H2,1H3. The third kappa shape index (κ3) is 3.64. The second-order valence-electron chi connectivity index (χ2n) is 3.98. The fourth-order valence-corrected chi connectivity index (χ4v) is 3.26. The van der Waals surface area contributed by atoms with E-state index in [-0.39, 0.29) is 5.75 Å². The lowest BCUT2D eigenvalue weighted by Gasteiger charge is -2.13. The van der Waals surface area contributed by atoms with Gasteiger partial charge >= 0.3 is 0 Å². The minimum Gasteiger partial charge on any atom is -0.508 e. The van der Waals surface area contributed by atoms with Gasteiger partial charge in [-0.15, -0.1) is 0 Å². The molecule has 2 N–H and O–H groups in total. The van der Waals surface area contributed by atoms with E-state index >= 15 is 0 Å². The third-order valence-corrected chi connectivity index (χ3v) is 3.67. The van der Waals surface area contributed by atoms with Gasteiger partial charge < -0.3 is 15.2 Å². The number of phenols is 1. The Balaban J connectivity index is 2.19. The number of benzene rings is 2.